The van der Waals surface area contributed by atoms with E-state index in [-0.39, 0.29) is 12.3 Å². The molecular weight excluding hydrogens is 333 g/mol. The van der Waals surface area contributed by atoms with Crippen molar-refractivity contribution in [1.82, 2.24) is 15.5 Å². The van der Waals surface area contributed by atoms with Gasteiger partial charge in [-0.25, -0.2) is 0 Å². The van der Waals surface area contributed by atoms with Crippen molar-refractivity contribution in [2.45, 2.75) is 33.2 Å². The highest BCUT2D eigenvalue weighted by atomic mass is 19.4. The zero-order valence-corrected chi connectivity index (χ0v) is 15.0. The van der Waals surface area contributed by atoms with Crippen molar-refractivity contribution in [3.63, 3.8) is 0 Å². The fraction of sp³-hybridized carbons (Fsp3) is 0.588. The highest BCUT2D eigenvalue weighted by molar-refractivity contribution is 5.79. The van der Waals surface area contributed by atoms with Crippen LogP contribution in [0.2, 0.25) is 0 Å². The van der Waals surface area contributed by atoms with Gasteiger partial charge in [-0.05, 0) is 32.1 Å². The Morgan fingerprint density at radius 3 is 2.44 bits per heavy atom. The molecule has 25 heavy (non-hydrogen) atoms. The number of nitrogens with zero attached hydrogens (tertiary/aromatic N) is 2. The third-order valence-electron chi connectivity index (χ3n) is 3.71. The Morgan fingerprint density at radius 1 is 1.16 bits per heavy atom. The molecule has 0 aliphatic rings. The van der Waals surface area contributed by atoms with Crippen LogP contribution in [0.25, 0.3) is 0 Å². The minimum Gasteiger partial charge on any atom is -0.405 e. The summed E-state index contributed by atoms with van der Waals surface area (Å²) in [6.45, 7) is 8.17. The van der Waals surface area contributed by atoms with Crippen molar-refractivity contribution < 1.29 is 17.9 Å². The van der Waals surface area contributed by atoms with Gasteiger partial charge in [0, 0.05) is 25.7 Å². The molecule has 142 valence electrons. The smallest absolute Gasteiger partial charge is 0.405 e. The molecule has 0 radical (unpaired) electrons. The number of benzene rings is 1. The molecule has 0 aromatic heterocycles. The van der Waals surface area contributed by atoms with E-state index in [1.165, 1.54) is 12.1 Å². The predicted molar refractivity (Wildman–Crippen MR) is 93.7 cm³/mol. The molecule has 0 amide bonds. The van der Waals surface area contributed by atoms with Gasteiger partial charge in [0.15, 0.2) is 5.96 Å². The first-order valence-corrected chi connectivity index (χ1v) is 8.40. The normalized spacial score (nSPS) is 12.4. The van der Waals surface area contributed by atoms with Crippen LogP contribution < -0.4 is 15.4 Å². The van der Waals surface area contributed by atoms with Crippen molar-refractivity contribution in [1.29, 1.82) is 0 Å². The van der Waals surface area contributed by atoms with Crippen molar-refractivity contribution in [3.05, 3.63) is 29.8 Å². The lowest BCUT2D eigenvalue weighted by atomic mass is 10.2. The van der Waals surface area contributed by atoms with Crippen LogP contribution in [0.15, 0.2) is 29.3 Å². The molecule has 0 heterocycles. The summed E-state index contributed by atoms with van der Waals surface area (Å²) in [6.07, 6.45) is -3.75. The molecule has 0 saturated heterocycles. The summed E-state index contributed by atoms with van der Waals surface area (Å²) in [4.78, 5) is 6.40. The number of hydrogen-bond donors (Lipinski definition) is 2. The Kier molecular flexibility index (Phi) is 9.12. The fourth-order valence-corrected chi connectivity index (χ4v) is 2.32. The van der Waals surface area contributed by atoms with E-state index in [0.717, 1.165) is 32.6 Å². The Bertz CT molecular complexity index is 531. The van der Waals surface area contributed by atoms with Crippen molar-refractivity contribution >= 4 is 5.96 Å². The highest BCUT2D eigenvalue weighted by Crippen LogP contribution is 2.25. The highest BCUT2D eigenvalue weighted by Gasteiger charge is 2.31. The van der Waals surface area contributed by atoms with E-state index >= 15 is 0 Å². The quantitative estimate of drug-likeness (QED) is 0.404. The first kappa shape index (κ1) is 21.1. The topological polar surface area (TPSA) is 48.9 Å². The summed E-state index contributed by atoms with van der Waals surface area (Å²) < 4.78 is 41.3. The first-order chi connectivity index (χ1) is 11.9. The van der Waals surface area contributed by atoms with Crippen molar-refractivity contribution in [3.8, 4) is 5.75 Å². The molecule has 0 aliphatic heterocycles. The maximum Gasteiger partial charge on any atom is 0.573 e. The SMILES string of the molecule is CCN(CC)CCCNC(=NC)NCc1ccccc1OC(F)(F)F. The van der Waals surface area contributed by atoms with Crippen LogP contribution in [0.5, 0.6) is 5.75 Å². The average molecular weight is 360 g/mol. The van der Waals surface area contributed by atoms with Gasteiger partial charge in [-0.3, -0.25) is 4.99 Å². The lowest BCUT2D eigenvalue weighted by Gasteiger charge is -2.19. The van der Waals surface area contributed by atoms with Crippen LogP contribution in [0.4, 0.5) is 13.2 Å². The van der Waals surface area contributed by atoms with E-state index in [1.54, 1.807) is 19.2 Å². The molecule has 0 saturated carbocycles. The molecule has 1 aromatic carbocycles. The van der Waals surface area contributed by atoms with Gasteiger partial charge in [0.05, 0.1) is 0 Å². The van der Waals surface area contributed by atoms with Gasteiger partial charge in [0.25, 0.3) is 0 Å². The number of para-hydroxylation sites is 1. The van der Waals surface area contributed by atoms with Crippen LogP contribution in [0.3, 0.4) is 0 Å². The number of ether oxygens (including phenoxy) is 1. The number of hydrogen-bond acceptors (Lipinski definition) is 3. The maximum atomic E-state index is 12.4. The summed E-state index contributed by atoms with van der Waals surface area (Å²) in [6, 6.07) is 6.05. The van der Waals surface area contributed by atoms with Gasteiger partial charge >= 0.3 is 6.36 Å². The number of alkyl halides is 3. The van der Waals surface area contributed by atoms with Crippen LogP contribution in [-0.2, 0) is 6.54 Å². The number of nitrogens with one attached hydrogen (secondary N) is 2. The summed E-state index contributed by atoms with van der Waals surface area (Å²) in [5, 5.41) is 6.17. The summed E-state index contributed by atoms with van der Waals surface area (Å²) in [7, 11) is 1.62. The number of guanidine groups is 1. The van der Waals surface area contributed by atoms with Crippen LogP contribution in [-0.4, -0.2) is 50.4 Å². The molecule has 0 atom stereocenters. The van der Waals surface area contributed by atoms with E-state index in [2.05, 4.69) is 39.1 Å². The Morgan fingerprint density at radius 2 is 1.84 bits per heavy atom. The third-order valence-corrected chi connectivity index (χ3v) is 3.71. The average Bonchev–Trinajstić information content (AvgIpc) is 2.57. The van der Waals surface area contributed by atoms with Gasteiger partial charge in [-0.15, -0.1) is 13.2 Å². The van der Waals surface area contributed by atoms with Gasteiger partial charge in [0.1, 0.15) is 5.75 Å². The molecule has 0 fully saturated rings. The van der Waals surface area contributed by atoms with Gasteiger partial charge in [0.2, 0.25) is 0 Å². The van der Waals surface area contributed by atoms with E-state index in [9.17, 15) is 13.2 Å². The van der Waals surface area contributed by atoms with Crippen LogP contribution in [0, 0.1) is 0 Å². The molecule has 0 bridgehead atoms. The second-order valence-electron chi connectivity index (χ2n) is 5.39. The summed E-state index contributed by atoms with van der Waals surface area (Å²) in [5.41, 5.74) is 0.408. The zero-order valence-electron chi connectivity index (χ0n) is 15.0. The second kappa shape index (κ2) is 10.8. The van der Waals surface area contributed by atoms with E-state index in [1.807, 2.05) is 0 Å². The summed E-state index contributed by atoms with van der Waals surface area (Å²) >= 11 is 0. The molecule has 1 aromatic rings. The van der Waals surface area contributed by atoms with Crippen molar-refractivity contribution in [2.24, 2.45) is 4.99 Å². The second-order valence-corrected chi connectivity index (χ2v) is 5.39. The molecule has 1 rings (SSSR count). The third kappa shape index (κ3) is 8.62. The largest absolute Gasteiger partial charge is 0.573 e. The zero-order chi connectivity index (χ0) is 18.7. The number of rotatable bonds is 9. The van der Waals surface area contributed by atoms with E-state index in [0.29, 0.717) is 11.5 Å². The van der Waals surface area contributed by atoms with Crippen LogP contribution in [0.1, 0.15) is 25.8 Å². The number of halogens is 3. The van der Waals surface area contributed by atoms with Crippen LogP contribution >= 0.6 is 0 Å². The van der Waals surface area contributed by atoms with Gasteiger partial charge < -0.3 is 20.3 Å². The lowest BCUT2D eigenvalue weighted by molar-refractivity contribution is -0.274. The molecule has 0 unspecified atom stereocenters. The van der Waals surface area contributed by atoms with E-state index < -0.39 is 6.36 Å². The monoisotopic (exact) mass is 360 g/mol. The Labute approximate surface area is 147 Å². The van der Waals surface area contributed by atoms with Crippen molar-refractivity contribution in [2.75, 3.05) is 33.2 Å². The first-order valence-electron chi connectivity index (χ1n) is 8.40. The molecule has 5 nitrogen and oxygen atoms in total. The van der Waals surface area contributed by atoms with E-state index in [4.69, 9.17) is 0 Å². The minimum atomic E-state index is -4.71. The standard InChI is InChI=1S/C17H27F3N4O/c1-4-24(5-2)12-8-11-22-16(21-3)23-13-14-9-6-7-10-15(14)25-17(18,19)20/h6-7,9-10H,4-5,8,11-13H2,1-3H3,(H2,21,22,23). The molecule has 0 spiro atoms. The predicted octanol–water partition coefficient (Wildman–Crippen LogP) is 2.98. The molecule has 8 heteroatoms. The molecular formula is C17H27F3N4O. The van der Waals surface area contributed by atoms with Gasteiger partial charge in [-0.1, -0.05) is 32.0 Å². The fourth-order valence-electron chi connectivity index (χ4n) is 2.32. The minimum absolute atomic E-state index is 0.183. The lowest BCUT2D eigenvalue weighted by Crippen LogP contribution is -2.38. The molecule has 0 aliphatic carbocycles. The Hall–Kier alpha value is -1.96. The molecule has 2 N–H and O–H groups in total. The summed E-state index contributed by atoms with van der Waals surface area (Å²) in [5.74, 6) is 0.334. The van der Waals surface area contributed by atoms with Gasteiger partial charge in [-0.2, -0.15) is 0 Å². The Balaban J connectivity index is 2.47. The maximum absolute atomic E-state index is 12.4. The number of aliphatic imine (C=N–C) groups is 1.